The van der Waals surface area contributed by atoms with Crippen LogP contribution in [0, 0.1) is 0 Å². The molecule has 1 aromatic rings. The van der Waals surface area contributed by atoms with Crippen LogP contribution in [-0.4, -0.2) is 6.61 Å². The van der Waals surface area contributed by atoms with Gasteiger partial charge in [0, 0.05) is 4.90 Å². The SMILES string of the molecule is CCOP1Nc2ccccc2S1. The standard InChI is InChI=1S/C8H10NOPS/c1-2-10-11-9-7-5-3-4-6-8(7)12-11/h3-6,9H,2H2,1H3. The molecule has 1 atom stereocenters. The molecule has 2 rings (SSSR count). The molecule has 1 aliphatic heterocycles. The summed E-state index contributed by atoms with van der Waals surface area (Å²) in [4.78, 5) is 1.30. The first kappa shape index (κ1) is 8.36. The number of para-hydroxylation sites is 1. The van der Waals surface area contributed by atoms with Gasteiger partial charge in [0.25, 0.3) is 0 Å². The Morgan fingerprint density at radius 3 is 3.08 bits per heavy atom. The van der Waals surface area contributed by atoms with E-state index in [1.807, 2.05) is 13.0 Å². The molecule has 0 bridgehead atoms. The molecule has 0 saturated heterocycles. The predicted molar refractivity (Wildman–Crippen MR) is 54.5 cm³/mol. The molecule has 0 fully saturated rings. The Kier molecular flexibility index (Phi) is 2.54. The van der Waals surface area contributed by atoms with Crippen molar-refractivity contribution in [3.05, 3.63) is 24.3 Å². The van der Waals surface area contributed by atoms with Crippen molar-refractivity contribution in [2.24, 2.45) is 0 Å². The topological polar surface area (TPSA) is 21.3 Å². The van der Waals surface area contributed by atoms with Crippen molar-refractivity contribution in [2.45, 2.75) is 11.8 Å². The van der Waals surface area contributed by atoms with Crippen molar-refractivity contribution in [3.63, 3.8) is 0 Å². The minimum absolute atomic E-state index is 0.505. The Bertz CT molecular complexity index is 257. The lowest BCUT2D eigenvalue weighted by Gasteiger charge is -2.06. The summed E-state index contributed by atoms with van der Waals surface area (Å²) in [6, 6.07) is 8.30. The maximum Gasteiger partial charge on any atom is 0.201 e. The van der Waals surface area contributed by atoms with Crippen LogP contribution in [0.25, 0.3) is 0 Å². The number of fused-ring (bicyclic) bond motifs is 1. The lowest BCUT2D eigenvalue weighted by molar-refractivity contribution is 0.389. The number of hydrogen-bond donors (Lipinski definition) is 1. The molecule has 0 aromatic heterocycles. The van der Waals surface area contributed by atoms with Gasteiger partial charge in [-0.3, -0.25) is 0 Å². The molecule has 4 heteroatoms. The zero-order valence-corrected chi connectivity index (χ0v) is 8.49. The first-order valence-corrected chi connectivity index (χ1v) is 6.55. The molecular formula is C8H10NOPS. The molecular weight excluding hydrogens is 189 g/mol. The number of hydrogen-bond acceptors (Lipinski definition) is 3. The van der Waals surface area contributed by atoms with Gasteiger partial charge in [-0.25, -0.2) is 0 Å². The van der Waals surface area contributed by atoms with E-state index in [-0.39, 0.29) is 0 Å². The Balaban J connectivity index is 2.11. The molecule has 1 heterocycles. The van der Waals surface area contributed by atoms with Crippen LogP contribution in [0.3, 0.4) is 0 Å². The number of anilines is 1. The zero-order chi connectivity index (χ0) is 8.39. The lowest BCUT2D eigenvalue weighted by atomic mass is 10.3. The fourth-order valence-electron chi connectivity index (χ4n) is 1.02. The van der Waals surface area contributed by atoms with Crippen LogP contribution in [0.15, 0.2) is 29.2 Å². The van der Waals surface area contributed by atoms with Gasteiger partial charge in [-0.1, -0.05) is 12.1 Å². The van der Waals surface area contributed by atoms with E-state index < -0.39 is 7.50 Å². The third kappa shape index (κ3) is 1.58. The van der Waals surface area contributed by atoms with Crippen molar-refractivity contribution >= 4 is 24.6 Å². The van der Waals surface area contributed by atoms with Crippen molar-refractivity contribution in [3.8, 4) is 0 Å². The Morgan fingerprint density at radius 1 is 1.50 bits per heavy atom. The van der Waals surface area contributed by atoms with Crippen molar-refractivity contribution < 1.29 is 4.52 Å². The molecule has 0 spiro atoms. The molecule has 0 saturated carbocycles. The van der Waals surface area contributed by atoms with Gasteiger partial charge in [0.15, 0.2) is 0 Å². The highest BCUT2D eigenvalue weighted by Gasteiger charge is 2.21. The van der Waals surface area contributed by atoms with Crippen LogP contribution in [0.4, 0.5) is 5.69 Å². The third-order valence-electron chi connectivity index (χ3n) is 1.53. The summed E-state index contributed by atoms with van der Waals surface area (Å²) >= 11 is 1.79. The van der Waals surface area contributed by atoms with E-state index >= 15 is 0 Å². The lowest BCUT2D eigenvalue weighted by Crippen LogP contribution is -1.86. The first-order valence-electron chi connectivity index (χ1n) is 3.87. The van der Waals surface area contributed by atoms with Gasteiger partial charge < -0.3 is 9.61 Å². The van der Waals surface area contributed by atoms with Gasteiger partial charge in [0.2, 0.25) is 7.50 Å². The monoisotopic (exact) mass is 199 g/mol. The second kappa shape index (κ2) is 3.65. The Morgan fingerprint density at radius 2 is 2.33 bits per heavy atom. The fourth-order valence-corrected chi connectivity index (χ4v) is 4.35. The van der Waals surface area contributed by atoms with Crippen LogP contribution in [0.1, 0.15) is 6.92 Å². The van der Waals surface area contributed by atoms with E-state index in [0.29, 0.717) is 0 Å². The second-order valence-corrected chi connectivity index (χ2v) is 5.54. The van der Waals surface area contributed by atoms with Crippen LogP contribution in [-0.2, 0) is 4.52 Å². The summed E-state index contributed by atoms with van der Waals surface area (Å²) in [5.74, 6) is 0. The van der Waals surface area contributed by atoms with E-state index in [1.165, 1.54) is 10.6 Å². The highest BCUT2D eigenvalue weighted by atomic mass is 32.7. The number of benzene rings is 1. The fraction of sp³-hybridized carbons (Fsp3) is 0.250. The molecule has 1 aromatic carbocycles. The summed E-state index contributed by atoms with van der Waals surface area (Å²) in [7, 11) is -0.505. The van der Waals surface area contributed by atoms with Crippen molar-refractivity contribution in [1.29, 1.82) is 0 Å². The van der Waals surface area contributed by atoms with Crippen molar-refractivity contribution in [1.82, 2.24) is 0 Å². The maximum absolute atomic E-state index is 5.50. The quantitative estimate of drug-likeness (QED) is 0.737. The molecule has 1 N–H and O–H groups in total. The molecule has 1 unspecified atom stereocenters. The predicted octanol–water partition coefficient (Wildman–Crippen LogP) is 3.47. The van der Waals surface area contributed by atoms with E-state index in [1.54, 1.807) is 11.4 Å². The van der Waals surface area contributed by atoms with Gasteiger partial charge in [-0.15, -0.1) is 0 Å². The minimum Gasteiger partial charge on any atom is -0.333 e. The summed E-state index contributed by atoms with van der Waals surface area (Å²) in [5.41, 5.74) is 1.21. The van der Waals surface area contributed by atoms with Crippen LogP contribution in [0.5, 0.6) is 0 Å². The molecule has 0 amide bonds. The van der Waals surface area contributed by atoms with E-state index in [0.717, 1.165) is 6.61 Å². The van der Waals surface area contributed by atoms with Gasteiger partial charge in [0.05, 0.1) is 12.3 Å². The van der Waals surface area contributed by atoms with Crippen LogP contribution in [0.2, 0.25) is 0 Å². The summed E-state index contributed by atoms with van der Waals surface area (Å²) < 4.78 is 5.50. The van der Waals surface area contributed by atoms with Gasteiger partial charge >= 0.3 is 0 Å². The number of rotatable bonds is 2. The zero-order valence-electron chi connectivity index (χ0n) is 6.78. The third-order valence-corrected chi connectivity index (χ3v) is 4.84. The molecule has 12 heavy (non-hydrogen) atoms. The Hall–Kier alpha value is -0.240. The van der Waals surface area contributed by atoms with Gasteiger partial charge in [-0.2, -0.15) is 0 Å². The first-order chi connectivity index (χ1) is 5.90. The average Bonchev–Trinajstić information content (AvgIpc) is 2.47. The second-order valence-electron chi connectivity index (χ2n) is 2.37. The van der Waals surface area contributed by atoms with Crippen LogP contribution >= 0.6 is 18.9 Å². The normalized spacial score (nSPS) is 20.2. The average molecular weight is 199 g/mol. The van der Waals surface area contributed by atoms with E-state index in [2.05, 4.69) is 23.3 Å². The highest BCUT2D eigenvalue weighted by molar-refractivity contribution is 8.55. The van der Waals surface area contributed by atoms with Gasteiger partial charge in [0.1, 0.15) is 0 Å². The highest BCUT2D eigenvalue weighted by Crippen LogP contribution is 2.61. The molecule has 1 aliphatic rings. The summed E-state index contributed by atoms with van der Waals surface area (Å²) in [5, 5.41) is 3.34. The van der Waals surface area contributed by atoms with E-state index in [9.17, 15) is 0 Å². The molecule has 64 valence electrons. The molecule has 2 nitrogen and oxygen atoms in total. The summed E-state index contributed by atoms with van der Waals surface area (Å²) in [6.07, 6.45) is 0. The van der Waals surface area contributed by atoms with Crippen LogP contribution < -0.4 is 5.09 Å². The Labute approximate surface area is 77.3 Å². The number of nitrogens with one attached hydrogen (secondary N) is 1. The van der Waals surface area contributed by atoms with E-state index in [4.69, 9.17) is 4.52 Å². The van der Waals surface area contributed by atoms with Crippen molar-refractivity contribution in [2.75, 3.05) is 11.7 Å². The van der Waals surface area contributed by atoms with Gasteiger partial charge in [-0.05, 0) is 30.4 Å². The summed E-state index contributed by atoms with van der Waals surface area (Å²) in [6.45, 7) is 2.80. The smallest absolute Gasteiger partial charge is 0.201 e. The molecule has 0 radical (unpaired) electrons. The minimum atomic E-state index is -0.505. The molecule has 0 aliphatic carbocycles. The maximum atomic E-state index is 5.50. The largest absolute Gasteiger partial charge is 0.333 e.